The van der Waals surface area contributed by atoms with Crippen LogP contribution < -0.4 is 9.47 Å². The number of rotatable bonds is 4. The second-order valence-corrected chi connectivity index (χ2v) is 7.23. The van der Waals surface area contributed by atoms with E-state index in [0.717, 1.165) is 21.9 Å². The van der Waals surface area contributed by atoms with Crippen molar-refractivity contribution < 1.29 is 19.1 Å². The van der Waals surface area contributed by atoms with Crippen LogP contribution in [0.1, 0.15) is 25.0 Å². The number of carbonyl (C=O) groups is 2. The van der Waals surface area contributed by atoms with Gasteiger partial charge in [-0.3, -0.25) is 19.6 Å². The van der Waals surface area contributed by atoms with Crippen LogP contribution in [0.2, 0.25) is 0 Å². The van der Waals surface area contributed by atoms with Crippen LogP contribution in [0.15, 0.2) is 60.9 Å². The number of alkyl halides is 2. The van der Waals surface area contributed by atoms with Gasteiger partial charge in [-0.2, -0.15) is 0 Å². The molecule has 0 spiro atoms. The molecule has 0 fully saturated rings. The Hall–Kier alpha value is -3.22. The molecule has 0 saturated carbocycles. The number of aromatic nitrogens is 2. The summed E-state index contributed by atoms with van der Waals surface area (Å²) in [5.41, 5.74) is 3.27. The highest BCUT2D eigenvalue weighted by molar-refractivity contribution is 6.18. The number of hydrogen-bond acceptors (Lipinski definition) is 6. The number of fused-ring (bicyclic) bond motifs is 2. The first-order chi connectivity index (χ1) is 15.4. The van der Waals surface area contributed by atoms with Crippen LogP contribution >= 0.6 is 23.2 Å². The van der Waals surface area contributed by atoms with Gasteiger partial charge in [-0.25, -0.2) is 0 Å². The zero-order valence-electron chi connectivity index (χ0n) is 17.5. The maximum absolute atomic E-state index is 10.9. The lowest BCUT2D eigenvalue weighted by Crippen LogP contribution is -2.02. The van der Waals surface area contributed by atoms with Crippen LogP contribution in [0, 0.1) is 0 Å². The average Bonchev–Trinajstić information content (AvgIpc) is 2.79. The molecule has 0 radical (unpaired) electrons. The maximum atomic E-state index is 10.9. The highest BCUT2D eigenvalue weighted by atomic mass is 35.5. The molecular formula is C24H20Cl2N2O4. The van der Waals surface area contributed by atoms with E-state index in [1.807, 2.05) is 36.4 Å². The first kappa shape index (κ1) is 23.4. The minimum atomic E-state index is -0.356. The van der Waals surface area contributed by atoms with E-state index in [2.05, 4.69) is 9.97 Å². The predicted molar refractivity (Wildman–Crippen MR) is 125 cm³/mol. The van der Waals surface area contributed by atoms with Crippen LogP contribution in [0.5, 0.6) is 11.5 Å². The lowest BCUT2D eigenvalue weighted by Gasteiger charge is -2.07. The Morgan fingerprint density at radius 2 is 1.12 bits per heavy atom. The molecule has 2 aromatic carbocycles. The van der Waals surface area contributed by atoms with E-state index in [0.29, 0.717) is 34.3 Å². The maximum Gasteiger partial charge on any atom is 0.308 e. The van der Waals surface area contributed by atoms with Crippen molar-refractivity contribution in [1.29, 1.82) is 0 Å². The van der Waals surface area contributed by atoms with Crippen LogP contribution in [0.3, 0.4) is 0 Å². The molecule has 0 bridgehead atoms. The molecule has 164 valence electrons. The molecule has 0 N–H and O–H groups in total. The van der Waals surface area contributed by atoms with Gasteiger partial charge < -0.3 is 9.47 Å². The van der Waals surface area contributed by atoms with Crippen molar-refractivity contribution in [3.05, 3.63) is 72.1 Å². The molecule has 2 heterocycles. The summed E-state index contributed by atoms with van der Waals surface area (Å²) in [5.74, 6) is 1.04. The molecule has 0 aliphatic carbocycles. The summed E-state index contributed by atoms with van der Waals surface area (Å²) in [6.45, 7) is 2.73. The fraction of sp³-hybridized carbons (Fsp3) is 0.167. The van der Waals surface area contributed by atoms with Gasteiger partial charge in [0.15, 0.2) is 11.5 Å². The number of hydrogen-bond donors (Lipinski definition) is 0. The second-order valence-electron chi connectivity index (χ2n) is 6.70. The number of ether oxygens (including phenoxy) is 2. The number of nitrogens with zero attached hydrogens (tertiary/aromatic N) is 2. The average molecular weight is 471 g/mol. The van der Waals surface area contributed by atoms with Gasteiger partial charge in [0.1, 0.15) is 11.0 Å². The molecule has 8 heteroatoms. The van der Waals surface area contributed by atoms with Crippen molar-refractivity contribution in [1.82, 2.24) is 9.97 Å². The summed E-state index contributed by atoms with van der Waals surface area (Å²) in [4.78, 5) is 30.3. The number of pyridine rings is 2. The molecule has 0 atom stereocenters. The van der Waals surface area contributed by atoms with Gasteiger partial charge in [-0.15, -0.1) is 23.2 Å². The van der Waals surface area contributed by atoms with Crippen molar-refractivity contribution in [2.75, 3.05) is 0 Å². The molecule has 0 saturated heterocycles. The first-order valence-electron chi connectivity index (χ1n) is 9.66. The van der Waals surface area contributed by atoms with Gasteiger partial charge in [0.2, 0.25) is 0 Å². The Balaban J connectivity index is 0.000000181. The third kappa shape index (κ3) is 5.52. The molecule has 0 aliphatic rings. The van der Waals surface area contributed by atoms with Gasteiger partial charge in [0.05, 0.1) is 0 Å². The minimum absolute atomic E-state index is 0.356. The molecule has 2 aromatic heterocycles. The Kier molecular flexibility index (Phi) is 7.98. The van der Waals surface area contributed by atoms with Gasteiger partial charge >= 0.3 is 11.9 Å². The van der Waals surface area contributed by atoms with Gasteiger partial charge in [-0.05, 0) is 35.4 Å². The quantitative estimate of drug-likeness (QED) is 0.213. The van der Waals surface area contributed by atoms with Crippen molar-refractivity contribution in [2.45, 2.75) is 25.6 Å². The third-order valence-corrected chi connectivity index (χ3v) is 5.02. The summed E-state index contributed by atoms with van der Waals surface area (Å²) < 4.78 is 10.2. The Bertz CT molecular complexity index is 1180. The summed E-state index contributed by atoms with van der Waals surface area (Å²) in [7, 11) is 0. The van der Waals surface area contributed by atoms with E-state index >= 15 is 0 Å². The summed E-state index contributed by atoms with van der Waals surface area (Å²) in [6, 6.07) is 14.6. The van der Waals surface area contributed by atoms with Crippen molar-refractivity contribution in [3.63, 3.8) is 0 Å². The Labute approximate surface area is 195 Å². The highest BCUT2D eigenvalue weighted by Crippen LogP contribution is 2.28. The van der Waals surface area contributed by atoms with Crippen LogP contribution in [0.25, 0.3) is 21.8 Å². The summed E-state index contributed by atoms with van der Waals surface area (Å²) >= 11 is 11.7. The number of halogens is 2. The largest absolute Gasteiger partial charge is 0.424 e. The number of benzene rings is 2. The van der Waals surface area contributed by atoms with E-state index < -0.39 is 0 Å². The molecule has 0 amide bonds. The molecule has 0 unspecified atom stereocenters. The van der Waals surface area contributed by atoms with Gasteiger partial charge in [0, 0.05) is 48.8 Å². The lowest BCUT2D eigenvalue weighted by atomic mass is 10.1. The molecule has 32 heavy (non-hydrogen) atoms. The van der Waals surface area contributed by atoms with Crippen LogP contribution in [-0.2, 0) is 21.3 Å². The van der Waals surface area contributed by atoms with E-state index in [9.17, 15) is 9.59 Å². The number of esters is 2. The first-order valence-corrected chi connectivity index (χ1v) is 10.7. The monoisotopic (exact) mass is 470 g/mol. The van der Waals surface area contributed by atoms with E-state index in [1.54, 1.807) is 24.5 Å². The highest BCUT2D eigenvalue weighted by Gasteiger charge is 2.09. The van der Waals surface area contributed by atoms with E-state index in [1.165, 1.54) is 13.8 Å². The zero-order valence-corrected chi connectivity index (χ0v) is 19.0. The second kappa shape index (κ2) is 10.9. The molecular weight excluding hydrogens is 451 g/mol. The lowest BCUT2D eigenvalue weighted by molar-refractivity contribution is -0.132. The topological polar surface area (TPSA) is 78.4 Å². The van der Waals surface area contributed by atoms with Crippen LogP contribution in [0.4, 0.5) is 0 Å². The van der Waals surface area contributed by atoms with E-state index in [-0.39, 0.29) is 11.9 Å². The number of carbonyl (C=O) groups excluding carboxylic acids is 2. The Morgan fingerprint density at radius 3 is 1.47 bits per heavy atom. The van der Waals surface area contributed by atoms with Gasteiger partial charge in [0.25, 0.3) is 0 Å². The third-order valence-electron chi connectivity index (χ3n) is 4.44. The molecule has 4 aromatic rings. The predicted octanol–water partition coefficient (Wildman–Crippen LogP) is 5.80. The summed E-state index contributed by atoms with van der Waals surface area (Å²) in [5, 5.41) is 1.83. The van der Waals surface area contributed by atoms with Crippen molar-refractivity contribution in [3.8, 4) is 11.5 Å². The molecule has 4 rings (SSSR count). The summed E-state index contributed by atoms with van der Waals surface area (Å²) in [6.07, 6.45) is 3.32. The fourth-order valence-electron chi connectivity index (χ4n) is 3.12. The Morgan fingerprint density at radius 1 is 0.719 bits per heavy atom. The normalized spacial score (nSPS) is 10.4. The van der Waals surface area contributed by atoms with Crippen molar-refractivity contribution >= 4 is 56.9 Å². The zero-order chi connectivity index (χ0) is 23.1. The SMILES string of the molecule is CC(=O)Oc1ccc(CCl)c2cccnc12.CC(=O)Oc1ccc(CCl)c2cccnc12. The fourth-order valence-corrected chi connectivity index (χ4v) is 3.59. The van der Waals surface area contributed by atoms with Crippen molar-refractivity contribution in [2.24, 2.45) is 0 Å². The molecule has 0 aliphatic heterocycles. The van der Waals surface area contributed by atoms with Crippen LogP contribution in [-0.4, -0.2) is 21.9 Å². The van der Waals surface area contributed by atoms with E-state index in [4.69, 9.17) is 32.7 Å². The standard InChI is InChI=1S/2C12H10ClNO2/c2*1-8(15)16-11-5-4-9(7-13)10-3-2-6-14-12(10)11/h2*2-6H,7H2,1H3. The minimum Gasteiger partial charge on any atom is -0.424 e. The smallest absolute Gasteiger partial charge is 0.308 e. The molecule has 6 nitrogen and oxygen atoms in total. The van der Waals surface area contributed by atoms with Gasteiger partial charge in [-0.1, -0.05) is 24.3 Å².